The molecule has 1 amide bonds. The lowest BCUT2D eigenvalue weighted by Gasteiger charge is -2.13. The van der Waals surface area contributed by atoms with Crippen LogP contribution in [0.25, 0.3) is 0 Å². The standard InChI is InChI=1S/C13H17BrN2O3S/c1-9-2-3-12(11(14)6-9)15-7-13(17)16-10-4-5-20(18,19)8-10/h2-3,6,10,15H,4-5,7-8H2,1H3,(H,16,17). The van der Waals surface area contributed by atoms with Gasteiger partial charge in [0.15, 0.2) is 9.84 Å². The number of sulfone groups is 1. The molecule has 1 atom stereocenters. The van der Waals surface area contributed by atoms with E-state index in [1.165, 1.54) is 0 Å². The summed E-state index contributed by atoms with van der Waals surface area (Å²) in [5.41, 5.74) is 1.97. The van der Waals surface area contributed by atoms with Crippen LogP contribution in [0, 0.1) is 6.92 Å². The van der Waals surface area contributed by atoms with Gasteiger partial charge in [0.05, 0.1) is 18.1 Å². The second-order valence-corrected chi connectivity index (χ2v) is 8.09. The SMILES string of the molecule is Cc1ccc(NCC(=O)NC2CCS(=O)(=O)C2)c(Br)c1. The molecule has 1 aliphatic heterocycles. The first-order valence-corrected chi connectivity index (χ1v) is 8.97. The molecule has 0 bridgehead atoms. The Morgan fingerprint density at radius 1 is 1.45 bits per heavy atom. The van der Waals surface area contributed by atoms with E-state index < -0.39 is 9.84 Å². The number of halogens is 1. The third-order valence-electron chi connectivity index (χ3n) is 3.16. The summed E-state index contributed by atoms with van der Waals surface area (Å²) in [7, 11) is -2.96. The van der Waals surface area contributed by atoms with Gasteiger partial charge in [-0.15, -0.1) is 0 Å². The van der Waals surface area contributed by atoms with Crippen LogP contribution in [0.5, 0.6) is 0 Å². The van der Waals surface area contributed by atoms with Gasteiger partial charge in [-0.05, 0) is 47.0 Å². The van der Waals surface area contributed by atoms with Crippen molar-refractivity contribution in [2.24, 2.45) is 0 Å². The Bertz CT molecular complexity index is 616. The monoisotopic (exact) mass is 360 g/mol. The van der Waals surface area contributed by atoms with Gasteiger partial charge in [0.1, 0.15) is 0 Å². The molecule has 20 heavy (non-hydrogen) atoms. The van der Waals surface area contributed by atoms with Crippen LogP contribution in [0.1, 0.15) is 12.0 Å². The lowest BCUT2D eigenvalue weighted by Crippen LogP contribution is -2.39. The van der Waals surface area contributed by atoms with Gasteiger partial charge in [0.2, 0.25) is 5.91 Å². The normalized spacial score (nSPS) is 20.6. The van der Waals surface area contributed by atoms with Gasteiger partial charge >= 0.3 is 0 Å². The maximum atomic E-state index is 11.8. The summed E-state index contributed by atoms with van der Waals surface area (Å²) in [6.45, 7) is 2.11. The van der Waals surface area contributed by atoms with E-state index in [0.717, 1.165) is 15.7 Å². The second kappa shape index (κ2) is 6.13. The molecular weight excluding hydrogens is 344 g/mol. The second-order valence-electron chi connectivity index (χ2n) is 5.00. The Labute approximate surface area is 127 Å². The Morgan fingerprint density at radius 2 is 2.20 bits per heavy atom. The summed E-state index contributed by atoms with van der Waals surface area (Å²) in [6.07, 6.45) is 0.502. The van der Waals surface area contributed by atoms with Crippen molar-refractivity contribution in [1.82, 2.24) is 5.32 Å². The molecule has 0 radical (unpaired) electrons. The number of rotatable bonds is 4. The van der Waals surface area contributed by atoms with Gasteiger partial charge in [0, 0.05) is 16.2 Å². The first-order valence-electron chi connectivity index (χ1n) is 6.35. The Balaban J connectivity index is 1.84. The number of hydrogen-bond acceptors (Lipinski definition) is 4. The van der Waals surface area contributed by atoms with E-state index in [0.29, 0.717) is 6.42 Å². The van der Waals surface area contributed by atoms with Crippen LogP contribution < -0.4 is 10.6 Å². The Morgan fingerprint density at radius 3 is 2.80 bits per heavy atom. The van der Waals surface area contributed by atoms with Crippen LogP contribution in [0.2, 0.25) is 0 Å². The third kappa shape index (κ3) is 4.21. The molecule has 0 aromatic heterocycles. The summed E-state index contributed by atoms with van der Waals surface area (Å²) in [4.78, 5) is 11.8. The number of aryl methyl sites for hydroxylation is 1. The van der Waals surface area contributed by atoms with E-state index in [2.05, 4.69) is 26.6 Å². The van der Waals surface area contributed by atoms with E-state index in [1.54, 1.807) is 0 Å². The van der Waals surface area contributed by atoms with Crippen molar-refractivity contribution in [3.8, 4) is 0 Å². The minimum atomic E-state index is -2.96. The molecule has 1 saturated heterocycles. The molecule has 1 heterocycles. The average molecular weight is 361 g/mol. The molecule has 1 aromatic rings. The van der Waals surface area contributed by atoms with Crippen LogP contribution in [0.3, 0.4) is 0 Å². The van der Waals surface area contributed by atoms with Crippen molar-refractivity contribution in [2.75, 3.05) is 23.4 Å². The third-order valence-corrected chi connectivity index (χ3v) is 5.59. The summed E-state index contributed by atoms with van der Waals surface area (Å²) in [6, 6.07) is 5.56. The van der Waals surface area contributed by atoms with Gasteiger partial charge in [-0.2, -0.15) is 0 Å². The maximum absolute atomic E-state index is 11.8. The van der Waals surface area contributed by atoms with Gasteiger partial charge in [-0.25, -0.2) is 8.42 Å². The van der Waals surface area contributed by atoms with Crippen molar-refractivity contribution in [3.05, 3.63) is 28.2 Å². The Hall–Kier alpha value is -1.08. The molecule has 1 aliphatic rings. The van der Waals surface area contributed by atoms with Crippen LogP contribution in [-0.2, 0) is 14.6 Å². The van der Waals surface area contributed by atoms with Gasteiger partial charge in [-0.1, -0.05) is 6.07 Å². The molecule has 1 fully saturated rings. The topological polar surface area (TPSA) is 75.3 Å². The lowest BCUT2D eigenvalue weighted by atomic mass is 10.2. The van der Waals surface area contributed by atoms with E-state index in [-0.39, 0.29) is 30.0 Å². The van der Waals surface area contributed by atoms with Crippen LogP contribution >= 0.6 is 15.9 Å². The number of hydrogen-bond donors (Lipinski definition) is 2. The Kier molecular flexibility index (Phi) is 4.70. The van der Waals surface area contributed by atoms with Crippen LogP contribution in [-0.4, -0.2) is 38.4 Å². The highest BCUT2D eigenvalue weighted by molar-refractivity contribution is 9.10. The molecule has 7 heteroatoms. The van der Waals surface area contributed by atoms with E-state index in [9.17, 15) is 13.2 Å². The van der Waals surface area contributed by atoms with Gasteiger partial charge in [0.25, 0.3) is 0 Å². The quantitative estimate of drug-likeness (QED) is 0.852. The molecule has 5 nitrogen and oxygen atoms in total. The van der Waals surface area contributed by atoms with E-state index in [1.807, 2.05) is 25.1 Å². The van der Waals surface area contributed by atoms with E-state index in [4.69, 9.17) is 0 Å². The van der Waals surface area contributed by atoms with E-state index >= 15 is 0 Å². The van der Waals surface area contributed by atoms with Crippen molar-refractivity contribution in [3.63, 3.8) is 0 Å². The highest BCUT2D eigenvalue weighted by Gasteiger charge is 2.28. The summed E-state index contributed by atoms with van der Waals surface area (Å²) in [5, 5.41) is 5.77. The lowest BCUT2D eigenvalue weighted by molar-refractivity contribution is -0.119. The predicted molar refractivity (Wildman–Crippen MR) is 82.6 cm³/mol. The van der Waals surface area contributed by atoms with Gasteiger partial charge in [-0.3, -0.25) is 4.79 Å². The molecule has 2 N–H and O–H groups in total. The number of anilines is 1. The van der Waals surface area contributed by atoms with Crippen molar-refractivity contribution < 1.29 is 13.2 Å². The molecule has 1 unspecified atom stereocenters. The molecule has 1 aromatic carbocycles. The zero-order valence-corrected chi connectivity index (χ0v) is 13.6. The first-order chi connectivity index (χ1) is 9.35. The number of carbonyl (C=O) groups is 1. The minimum absolute atomic E-state index is 0.0486. The van der Waals surface area contributed by atoms with Crippen molar-refractivity contribution in [2.45, 2.75) is 19.4 Å². The molecule has 2 rings (SSSR count). The maximum Gasteiger partial charge on any atom is 0.239 e. The average Bonchev–Trinajstić information content (AvgIpc) is 2.67. The van der Waals surface area contributed by atoms with Crippen molar-refractivity contribution in [1.29, 1.82) is 0 Å². The fourth-order valence-electron chi connectivity index (χ4n) is 2.13. The fourth-order valence-corrected chi connectivity index (χ4v) is 4.43. The molecule has 0 saturated carbocycles. The largest absolute Gasteiger partial charge is 0.375 e. The fraction of sp³-hybridized carbons (Fsp3) is 0.462. The molecule has 110 valence electrons. The molecule has 0 spiro atoms. The zero-order valence-electron chi connectivity index (χ0n) is 11.1. The predicted octanol–water partition coefficient (Wildman–Crippen LogP) is 1.47. The number of benzene rings is 1. The number of amides is 1. The summed E-state index contributed by atoms with van der Waals surface area (Å²) >= 11 is 3.43. The number of carbonyl (C=O) groups excluding carboxylic acids is 1. The zero-order chi connectivity index (χ0) is 14.8. The smallest absolute Gasteiger partial charge is 0.239 e. The van der Waals surface area contributed by atoms with Crippen LogP contribution in [0.4, 0.5) is 5.69 Å². The number of nitrogens with one attached hydrogen (secondary N) is 2. The molecular formula is C13H17BrN2O3S. The van der Waals surface area contributed by atoms with Crippen molar-refractivity contribution >= 4 is 37.4 Å². The minimum Gasteiger partial charge on any atom is -0.375 e. The van der Waals surface area contributed by atoms with Crippen LogP contribution in [0.15, 0.2) is 22.7 Å². The highest BCUT2D eigenvalue weighted by atomic mass is 79.9. The highest BCUT2D eigenvalue weighted by Crippen LogP contribution is 2.23. The summed E-state index contributed by atoms with van der Waals surface area (Å²) < 4.78 is 23.5. The molecule has 0 aliphatic carbocycles. The summed E-state index contributed by atoms with van der Waals surface area (Å²) in [5.74, 6) is 0.0153. The first kappa shape index (κ1) is 15.3. The van der Waals surface area contributed by atoms with Gasteiger partial charge < -0.3 is 10.6 Å².